The second-order valence-electron chi connectivity index (χ2n) is 8.30. The number of anilines is 2. The van der Waals surface area contributed by atoms with E-state index in [1.54, 1.807) is 0 Å². The summed E-state index contributed by atoms with van der Waals surface area (Å²) >= 11 is 0. The van der Waals surface area contributed by atoms with Crippen LogP contribution in [0, 0.1) is 5.82 Å². The topological polar surface area (TPSA) is 114 Å². The lowest BCUT2D eigenvalue weighted by Gasteiger charge is -2.25. The van der Waals surface area contributed by atoms with Gasteiger partial charge in [0, 0.05) is 43.4 Å². The number of hydrogen-bond donors (Lipinski definition) is 3. The van der Waals surface area contributed by atoms with Crippen molar-refractivity contribution in [2.45, 2.75) is 6.18 Å². The first kappa shape index (κ1) is 29.7. The number of hydrogen-bond acceptors (Lipinski definition) is 7. The van der Waals surface area contributed by atoms with Gasteiger partial charge in [0.15, 0.2) is 0 Å². The molecule has 1 saturated heterocycles. The average Bonchev–Trinajstić information content (AvgIpc) is 3.21. The first-order valence-corrected chi connectivity index (χ1v) is 11.4. The Hall–Kier alpha value is -3.88. The Labute approximate surface area is 225 Å². The van der Waals surface area contributed by atoms with Crippen LogP contribution in [-0.4, -0.2) is 67.1 Å². The van der Waals surface area contributed by atoms with Gasteiger partial charge in [0.2, 0.25) is 6.79 Å². The predicted octanol–water partition coefficient (Wildman–Crippen LogP) is 4.26. The van der Waals surface area contributed by atoms with Crippen molar-refractivity contribution in [2.75, 3.05) is 50.2 Å². The Morgan fingerprint density at radius 2 is 1.67 bits per heavy atom. The first-order chi connectivity index (χ1) is 18.1. The van der Waals surface area contributed by atoms with Crippen LogP contribution in [0.5, 0.6) is 0 Å². The minimum atomic E-state index is -4.52. The van der Waals surface area contributed by atoms with E-state index in [-0.39, 0.29) is 41.2 Å². The van der Waals surface area contributed by atoms with Gasteiger partial charge in [-0.05, 0) is 42.5 Å². The second kappa shape index (κ2) is 12.8. The number of carbonyl (C=O) groups is 3. The minimum Gasteiger partial charge on any atom is -0.427 e. The van der Waals surface area contributed by atoms with E-state index >= 15 is 0 Å². The molecule has 0 bridgehead atoms. The van der Waals surface area contributed by atoms with Crippen molar-refractivity contribution >= 4 is 52.8 Å². The van der Waals surface area contributed by atoms with Gasteiger partial charge >= 0.3 is 24.3 Å². The summed E-state index contributed by atoms with van der Waals surface area (Å²) in [6.07, 6.45) is -4.29. The number of esters is 1. The Kier molecular flexibility index (Phi) is 9.72. The molecule has 0 unspecified atom stereocenters. The van der Waals surface area contributed by atoms with E-state index in [1.165, 1.54) is 12.3 Å². The van der Waals surface area contributed by atoms with Gasteiger partial charge in [-0.15, -0.1) is 12.4 Å². The fourth-order valence-electron chi connectivity index (χ4n) is 3.79. The molecule has 2 amide bonds. The van der Waals surface area contributed by atoms with Crippen LogP contribution in [0.4, 0.5) is 38.5 Å². The maximum Gasteiger partial charge on any atom is 0.421 e. The van der Waals surface area contributed by atoms with Crippen molar-refractivity contribution in [1.82, 2.24) is 14.8 Å². The average molecular weight is 574 g/mol. The van der Waals surface area contributed by atoms with E-state index in [9.17, 15) is 31.9 Å². The van der Waals surface area contributed by atoms with Crippen LogP contribution in [0.15, 0.2) is 48.7 Å². The standard InChI is InChI=1S/C24H23F4N5O5.ClH/c25-16-3-6-20-18(11-16)19(31-22(35)30-17-4-1-15(2-5-17)24(26,27)28)12-33(20)23(36)38-14-37-21(34)13-32-9-7-29-8-10-32;/h1-6,11-12,29H,7-10,13-14H2,(H2,30,31,35);1H. The molecule has 10 nitrogen and oxygen atoms in total. The molecule has 0 spiro atoms. The highest BCUT2D eigenvalue weighted by molar-refractivity contribution is 6.07. The number of rotatable bonds is 6. The van der Waals surface area contributed by atoms with Crippen LogP contribution in [0.25, 0.3) is 10.9 Å². The SMILES string of the molecule is Cl.O=C(Nc1ccc(C(F)(F)F)cc1)Nc1cn(C(=O)OCOC(=O)CN2CCNCC2)c2ccc(F)cc12. The third-order valence-electron chi connectivity index (χ3n) is 5.65. The summed E-state index contributed by atoms with van der Waals surface area (Å²) < 4.78 is 63.1. The fourth-order valence-corrected chi connectivity index (χ4v) is 3.79. The zero-order valence-electron chi connectivity index (χ0n) is 20.2. The molecule has 39 heavy (non-hydrogen) atoms. The molecule has 1 aromatic heterocycles. The predicted molar refractivity (Wildman–Crippen MR) is 135 cm³/mol. The Bertz CT molecular complexity index is 1330. The maximum absolute atomic E-state index is 13.9. The van der Waals surface area contributed by atoms with Crippen molar-refractivity contribution in [3.8, 4) is 0 Å². The summed E-state index contributed by atoms with van der Waals surface area (Å²) in [7, 11) is 0. The number of piperazine rings is 1. The van der Waals surface area contributed by atoms with Gasteiger partial charge in [-0.2, -0.15) is 13.2 Å². The van der Waals surface area contributed by atoms with E-state index in [1.807, 2.05) is 4.90 Å². The lowest BCUT2D eigenvalue weighted by Crippen LogP contribution is -2.45. The monoisotopic (exact) mass is 573 g/mol. The molecule has 0 saturated carbocycles. The van der Waals surface area contributed by atoms with E-state index in [4.69, 9.17) is 9.47 Å². The van der Waals surface area contributed by atoms with Crippen molar-refractivity contribution in [2.24, 2.45) is 0 Å². The number of alkyl halides is 3. The third kappa shape index (κ3) is 7.81. The molecule has 2 heterocycles. The summed E-state index contributed by atoms with van der Waals surface area (Å²) in [6, 6.07) is 6.40. The molecule has 210 valence electrons. The van der Waals surface area contributed by atoms with Crippen LogP contribution >= 0.6 is 12.4 Å². The molecule has 3 N–H and O–H groups in total. The van der Waals surface area contributed by atoms with E-state index in [0.717, 1.165) is 54.1 Å². The second-order valence-corrected chi connectivity index (χ2v) is 8.30. The molecule has 1 aliphatic heterocycles. The molecule has 2 aromatic carbocycles. The number of urea groups is 1. The van der Waals surface area contributed by atoms with Crippen molar-refractivity contribution in [3.63, 3.8) is 0 Å². The highest BCUT2D eigenvalue weighted by Crippen LogP contribution is 2.30. The number of benzene rings is 2. The Morgan fingerprint density at radius 3 is 2.33 bits per heavy atom. The van der Waals surface area contributed by atoms with Gasteiger partial charge in [-0.3, -0.25) is 14.3 Å². The molecule has 1 fully saturated rings. The van der Waals surface area contributed by atoms with Crippen LogP contribution in [-0.2, 0) is 20.4 Å². The Balaban J connectivity index is 0.00000420. The smallest absolute Gasteiger partial charge is 0.421 e. The number of aromatic nitrogens is 1. The zero-order valence-corrected chi connectivity index (χ0v) is 21.0. The molecular formula is C24H24ClF4N5O5. The van der Waals surface area contributed by atoms with Crippen LogP contribution < -0.4 is 16.0 Å². The van der Waals surface area contributed by atoms with Crippen LogP contribution in [0.3, 0.4) is 0 Å². The molecule has 0 atom stereocenters. The van der Waals surface area contributed by atoms with E-state index in [0.29, 0.717) is 13.1 Å². The minimum absolute atomic E-state index is 0. The molecule has 0 radical (unpaired) electrons. The molecule has 0 aliphatic carbocycles. The highest BCUT2D eigenvalue weighted by atomic mass is 35.5. The van der Waals surface area contributed by atoms with Crippen molar-refractivity contribution in [1.29, 1.82) is 0 Å². The maximum atomic E-state index is 13.9. The van der Waals surface area contributed by atoms with Gasteiger partial charge in [-0.25, -0.2) is 14.0 Å². The number of ether oxygens (including phenoxy) is 2. The van der Waals surface area contributed by atoms with Gasteiger partial charge in [0.1, 0.15) is 5.82 Å². The largest absolute Gasteiger partial charge is 0.427 e. The fraction of sp³-hybridized carbons (Fsp3) is 0.292. The van der Waals surface area contributed by atoms with Gasteiger partial charge < -0.3 is 25.4 Å². The number of nitrogens with one attached hydrogen (secondary N) is 3. The van der Waals surface area contributed by atoms with Crippen molar-refractivity contribution < 1.29 is 41.4 Å². The van der Waals surface area contributed by atoms with Gasteiger partial charge in [0.05, 0.1) is 23.3 Å². The lowest BCUT2D eigenvalue weighted by molar-refractivity contribution is -0.153. The normalized spacial score (nSPS) is 13.8. The number of nitrogens with zero attached hydrogens (tertiary/aromatic N) is 2. The summed E-state index contributed by atoms with van der Waals surface area (Å²) in [4.78, 5) is 39.0. The third-order valence-corrected chi connectivity index (χ3v) is 5.65. The van der Waals surface area contributed by atoms with Crippen molar-refractivity contribution in [3.05, 3.63) is 60.0 Å². The van der Waals surface area contributed by atoms with Crippen LogP contribution in [0.2, 0.25) is 0 Å². The molecule has 15 heteroatoms. The summed E-state index contributed by atoms with van der Waals surface area (Å²) in [5.74, 6) is -1.21. The van der Waals surface area contributed by atoms with E-state index < -0.39 is 42.4 Å². The number of carbonyl (C=O) groups excluding carboxylic acids is 3. The lowest BCUT2D eigenvalue weighted by atomic mass is 10.2. The van der Waals surface area contributed by atoms with E-state index in [2.05, 4.69) is 16.0 Å². The summed E-state index contributed by atoms with van der Waals surface area (Å²) in [6.45, 7) is 2.27. The molecule has 1 aliphatic rings. The Morgan fingerprint density at radius 1 is 0.974 bits per heavy atom. The zero-order chi connectivity index (χ0) is 27.3. The molecule has 3 aromatic rings. The number of halogens is 5. The summed E-state index contributed by atoms with van der Waals surface area (Å²) in [5.41, 5.74) is -0.590. The van der Waals surface area contributed by atoms with Gasteiger partial charge in [0.25, 0.3) is 0 Å². The first-order valence-electron chi connectivity index (χ1n) is 11.4. The van der Waals surface area contributed by atoms with Crippen LogP contribution in [0.1, 0.15) is 5.56 Å². The number of amides is 2. The summed E-state index contributed by atoms with van der Waals surface area (Å²) in [5, 5.41) is 8.11. The molecular weight excluding hydrogens is 550 g/mol. The quantitative estimate of drug-likeness (QED) is 0.229. The highest BCUT2D eigenvalue weighted by Gasteiger charge is 2.30. The molecule has 4 rings (SSSR count). The van der Waals surface area contributed by atoms with Gasteiger partial charge in [-0.1, -0.05) is 0 Å². The number of fused-ring (bicyclic) bond motifs is 1.